The number of rotatable bonds is 2. The van der Waals surface area contributed by atoms with Crippen LogP contribution in [-0.2, 0) is 0 Å². The van der Waals surface area contributed by atoms with Gasteiger partial charge in [-0.25, -0.2) is 0 Å². The summed E-state index contributed by atoms with van der Waals surface area (Å²) in [6, 6.07) is 14.3. The molecule has 102 valence electrons. The smallest absolute Gasteiger partial charge is 0.0696 e. The molecule has 0 aliphatic carbocycles. The van der Waals surface area contributed by atoms with Crippen LogP contribution in [0.4, 0.5) is 17.1 Å². The number of aromatic nitrogens is 1. The number of nitrogens with zero attached hydrogens (tertiary/aromatic N) is 1. The molecule has 0 radical (unpaired) electrons. The van der Waals surface area contributed by atoms with Crippen LogP contribution in [0.3, 0.4) is 0 Å². The maximum Gasteiger partial charge on any atom is 0.0696 e. The molecule has 1 heterocycles. The molecule has 20 heavy (non-hydrogen) atoms. The number of fused-ring (bicyclic) bond motifs is 1. The van der Waals surface area contributed by atoms with Gasteiger partial charge in [0.25, 0.3) is 0 Å². The van der Waals surface area contributed by atoms with Gasteiger partial charge in [0.05, 0.1) is 17.1 Å². The highest BCUT2D eigenvalue weighted by atomic mass is 79.9. The number of nitrogens with one attached hydrogen (secondary N) is 1. The third-order valence-corrected chi connectivity index (χ3v) is 4.04. The first-order valence-electron chi connectivity index (χ1n) is 6.44. The second kappa shape index (κ2) is 4.87. The Balaban J connectivity index is 2.17. The molecule has 0 saturated heterocycles. The van der Waals surface area contributed by atoms with E-state index < -0.39 is 0 Å². The highest BCUT2D eigenvalue weighted by Crippen LogP contribution is 2.37. The first-order chi connectivity index (χ1) is 9.58. The second-order valence-electron chi connectivity index (χ2n) is 4.91. The Bertz CT molecular complexity index is 776. The van der Waals surface area contributed by atoms with E-state index in [1.165, 1.54) is 5.39 Å². The average molecular weight is 330 g/mol. The molecule has 3 N–H and O–H groups in total. The van der Waals surface area contributed by atoms with Crippen LogP contribution in [0.1, 0.15) is 5.69 Å². The molecular weight excluding hydrogens is 314 g/mol. The van der Waals surface area contributed by atoms with Crippen molar-refractivity contribution in [3.05, 3.63) is 52.6 Å². The number of aryl methyl sites for hydroxylation is 1. The summed E-state index contributed by atoms with van der Waals surface area (Å²) in [6.45, 7) is 2.08. The number of nitrogen functional groups attached to an aromatic ring is 1. The van der Waals surface area contributed by atoms with Crippen molar-refractivity contribution in [2.45, 2.75) is 6.92 Å². The fourth-order valence-corrected chi connectivity index (χ4v) is 3.02. The van der Waals surface area contributed by atoms with E-state index in [0.717, 1.165) is 32.7 Å². The minimum Gasteiger partial charge on any atom is -0.397 e. The van der Waals surface area contributed by atoms with E-state index in [0.29, 0.717) is 0 Å². The van der Waals surface area contributed by atoms with Crippen molar-refractivity contribution in [1.82, 2.24) is 4.98 Å². The molecule has 0 saturated carbocycles. The Hall–Kier alpha value is -1.94. The average Bonchev–Trinajstić information content (AvgIpc) is 2.73. The van der Waals surface area contributed by atoms with Crippen LogP contribution in [0.15, 0.2) is 46.9 Å². The Morgan fingerprint density at radius 3 is 2.65 bits per heavy atom. The summed E-state index contributed by atoms with van der Waals surface area (Å²) in [6.07, 6.45) is 0. The van der Waals surface area contributed by atoms with Crippen LogP contribution in [0, 0.1) is 6.92 Å². The standard InChI is InChI=1S/C16H16BrN3/c1-10-16(12-5-3-4-6-14(12)19-10)20(2)15-8-7-11(17)9-13(15)18/h3-9,19H,18H2,1-2H3. The van der Waals surface area contributed by atoms with Crippen LogP contribution in [-0.4, -0.2) is 12.0 Å². The number of hydrogen-bond donors (Lipinski definition) is 2. The summed E-state index contributed by atoms with van der Waals surface area (Å²) in [4.78, 5) is 5.55. The molecule has 2 aromatic carbocycles. The van der Waals surface area contributed by atoms with Crippen molar-refractivity contribution in [2.75, 3.05) is 17.7 Å². The molecule has 4 heteroatoms. The van der Waals surface area contributed by atoms with E-state index in [4.69, 9.17) is 5.73 Å². The zero-order valence-electron chi connectivity index (χ0n) is 11.4. The van der Waals surface area contributed by atoms with Crippen LogP contribution in [0.5, 0.6) is 0 Å². The van der Waals surface area contributed by atoms with Crippen molar-refractivity contribution in [2.24, 2.45) is 0 Å². The third kappa shape index (κ3) is 2.06. The van der Waals surface area contributed by atoms with E-state index >= 15 is 0 Å². The molecule has 0 amide bonds. The molecule has 1 aromatic heterocycles. The molecule has 0 unspecified atom stereocenters. The minimum atomic E-state index is 0.756. The summed E-state index contributed by atoms with van der Waals surface area (Å²) >= 11 is 3.44. The number of anilines is 3. The fraction of sp³-hybridized carbons (Fsp3) is 0.125. The van der Waals surface area contributed by atoms with Gasteiger partial charge < -0.3 is 15.6 Å². The molecule has 3 rings (SSSR count). The Morgan fingerprint density at radius 1 is 1.15 bits per heavy atom. The lowest BCUT2D eigenvalue weighted by molar-refractivity contribution is 1.18. The second-order valence-corrected chi connectivity index (χ2v) is 5.82. The summed E-state index contributed by atoms with van der Waals surface area (Å²) in [5, 5.41) is 1.20. The summed E-state index contributed by atoms with van der Waals surface area (Å²) in [5.74, 6) is 0. The van der Waals surface area contributed by atoms with E-state index in [1.54, 1.807) is 0 Å². The van der Waals surface area contributed by atoms with E-state index in [9.17, 15) is 0 Å². The monoisotopic (exact) mass is 329 g/mol. The normalized spacial score (nSPS) is 10.9. The number of nitrogens with two attached hydrogens (primary N) is 1. The molecule has 3 nitrogen and oxygen atoms in total. The number of benzene rings is 2. The molecule has 0 aliphatic heterocycles. The molecular formula is C16H16BrN3. The lowest BCUT2D eigenvalue weighted by Crippen LogP contribution is -2.12. The predicted octanol–water partition coefficient (Wildman–Crippen LogP) is 4.59. The Labute approximate surface area is 126 Å². The topological polar surface area (TPSA) is 45.0 Å². The van der Waals surface area contributed by atoms with Gasteiger partial charge in [0, 0.05) is 28.1 Å². The predicted molar refractivity (Wildman–Crippen MR) is 89.7 cm³/mol. The van der Waals surface area contributed by atoms with Gasteiger partial charge >= 0.3 is 0 Å². The van der Waals surface area contributed by atoms with E-state index in [2.05, 4.69) is 50.9 Å². The van der Waals surface area contributed by atoms with Gasteiger partial charge in [-0.1, -0.05) is 34.1 Å². The molecule has 0 fully saturated rings. The van der Waals surface area contributed by atoms with Gasteiger partial charge in [0.1, 0.15) is 0 Å². The van der Waals surface area contributed by atoms with Crippen LogP contribution in [0.25, 0.3) is 10.9 Å². The van der Waals surface area contributed by atoms with Crippen LogP contribution >= 0.6 is 15.9 Å². The molecule has 0 aliphatic rings. The summed E-state index contributed by atoms with van der Waals surface area (Å²) in [5.41, 5.74) is 11.3. The molecule has 0 spiro atoms. The zero-order valence-corrected chi connectivity index (χ0v) is 13.0. The SMILES string of the molecule is Cc1[nH]c2ccccc2c1N(C)c1ccc(Br)cc1N. The molecule has 0 bridgehead atoms. The van der Waals surface area contributed by atoms with Crippen molar-refractivity contribution >= 4 is 43.9 Å². The first kappa shape index (κ1) is 13.1. The van der Waals surface area contributed by atoms with Crippen LogP contribution < -0.4 is 10.6 Å². The largest absolute Gasteiger partial charge is 0.397 e. The highest BCUT2D eigenvalue weighted by molar-refractivity contribution is 9.10. The number of H-pyrrole nitrogens is 1. The number of para-hydroxylation sites is 1. The van der Waals surface area contributed by atoms with E-state index in [1.807, 2.05) is 31.3 Å². The maximum absolute atomic E-state index is 6.14. The van der Waals surface area contributed by atoms with Gasteiger partial charge in [0.15, 0.2) is 0 Å². The lowest BCUT2D eigenvalue weighted by Gasteiger charge is -2.22. The maximum atomic E-state index is 6.14. The number of aromatic amines is 1. The van der Waals surface area contributed by atoms with Gasteiger partial charge in [-0.15, -0.1) is 0 Å². The Morgan fingerprint density at radius 2 is 1.90 bits per heavy atom. The Kier molecular flexibility index (Phi) is 3.18. The zero-order chi connectivity index (χ0) is 14.3. The quantitative estimate of drug-likeness (QED) is 0.675. The van der Waals surface area contributed by atoms with Gasteiger partial charge in [-0.05, 0) is 31.2 Å². The fourth-order valence-electron chi connectivity index (χ4n) is 2.65. The lowest BCUT2D eigenvalue weighted by atomic mass is 10.2. The van der Waals surface area contributed by atoms with Crippen molar-refractivity contribution in [3.63, 3.8) is 0 Å². The highest BCUT2D eigenvalue weighted by Gasteiger charge is 2.15. The van der Waals surface area contributed by atoms with Gasteiger partial charge in [0.2, 0.25) is 0 Å². The molecule has 0 atom stereocenters. The number of halogens is 1. The summed E-state index contributed by atoms with van der Waals surface area (Å²) < 4.78 is 0.989. The summed E-state index contributed by atoms with van der Waals surface area (Å²) in [7, 11) is 2.04. The minimum absolute atomic E-state index is 0.756. The molecule has 3 aromatic rings. The van der Waals surface area contributed by atoms with Gasteiger partial charge in [-0.2, -0.15) is 0 Å². The third-order valence-electron chi connectivity index (χ3n) is 3.55. The van der Waals surface area contributed by atoms with Crippen LogP contribution in [0.2, 0.25) is 0 Å². The number of hydrogen-bond acceptors (Lipinski definition) is 2. The van der Waals surface area contributed by atoms with Gasteiger partial charge in [-0.3, -0.25) is 0 Å². The first-order valence-corrected chi connectivity index (χ1v) is 7.23. The van der Waals surface area contributed by atoms with Crippen molar-refractivity contribution < 1.29 is 0 Å². The van der Waals surface area contributed by atoms with Crippen molar-refractivity contribution in [1.29, 1.82) is 0 Å². The van der Waals surface area contributed by atoms with E-state index in [-0.39, 0.29) is 0 Å². The van der Waals surface area contributed by atoms with Crippen molar-refractivity contribution in [3.8, 4) is 0 Å².